The van der Waals surface area contributed by atoms with Crippen molar-refractivity contribution in [2.75, 3.05) is 0 Å². The van der Waals surface area contributed by atoms with Crippen molar-refractivity contribution in [1.82, 2.24) is 0 Å². The Balaban J connectivity index is 1.65. The van der Waals surface area contributed by atoms with Crippen molar-refractivity contribution in [2.24, 2.45) is 34.5 Å². The van der Waals surface area contributed by atoms with Crippen molar-refractivity contribution in [1.29, 1.82) is 0 Å². The predicted molar refractivity (Wildman–Crippen MR) is 80.9 cm³/mol. The normalized spacial score (nSPS) is 56.3. The molecule has 4 aliphatic rings. The zero-order valence-corrected chi connectivity index (χ0v) is 12.8. The summed E-state index contributed by atoms with van der Waals surface area (Å²) in [7, 11) is 0. The van der Waals surface area contributed by atoms with E-state index >= 15 is 0 Å². The Morgan fingerprint density at radius 1 is 0.895 bits per heavy atom. The van der Waals surface area contributed by atoms with Crippen LogP contribution in [0.3, 0.4) is 0 Å². The average Bonchev–Trinajstić information content (AvgIpc) is 2.79. The molecule has 0 N–H and O–H groups in total. The molecule has 0 aromatic heterocycles. The third-order valence-electron chi connectivity index (χ3n) is 7.91. The first-order chi connectivity index (χ1) is 9.13. The van der Waals surface area contributed by atoms with Gasteiger partial charge in [-0.2, -0.15) is 0 Å². The third-order valence-corrected chi connectivity index (χ3v) is 7.91. The molecule has 6 atom stereocenters. The maximum absolute atomic E-state index is 2.68. The highest BCUT2D eigenvalue weighted by Gasteiger charge is 2.56. The van der Waals surface area contributed by atoms with Crippen molar-refractivity contribution < 1.29 is 0 Å². The molecule has 106 valence electrons. The van der Waals surface area contributed by atoms with Gasteiger partial charge in [0, 0.05) is 0 Å². The van der Waals surface area contributed by atoms with Crippen molar-refractivity contribution >= 4 is 0 Å². The van der Waals surface area contributed by atoms with E-state index in [4.69, 9.17) is 0 Å². The fourth-order valence-electron chi connectivity index (χ4n) is 6.78. The number of allylic oxidation sites excluding steroid dienone is 2. The summed E-state index contributed by atoms with van der Waals surface area (Å²) < 4.78 is 0. The van der Waals surface area contributed by atoms with E-state index in [1.807, 2.05) is 0 Å². The van der Waals surface area contributed by atoms with Crippen LogP contribution >= 0.6 is 0 Å². The Hall–Kier alpha value is -0.260. The van der Waals surface area contributed by atoms with Crippen LogP contribution in [0.4, 0.5) is 0 Å². The van der Waals surface area contributed by atoms with E-state index in [0.717, 1.165) is 23.7 Å². The van der Waals surface area contributed by atoms with Gasteiger partial charge in [-0.1, -0.05) is 38.8 Å². The van der Waals surface area contributed by atoms with Crippen LogP contribution in [0.15, 0.2) is 12.2 Å². The molecule has 0 aromatic rings. The molecule has 0 heteroatoms. The van der Waals surface area contributed by atoms with E-state index in [1.54, 1.807) is 19.3 Å². The minimum absolute atomic E-state index is 0.568. The van der Waals surface area contributed by atoms with Gasteiger partial charge in [0.1, 0.15) is 0 Å². The van der Waals surface area contributed by atoms with Crippen LogP contribution in [0.5, 0.6) is 0 Å². The predicted octanol–water partition coefficient (Wildman–Crippen LogP) is 5.59. The highest BCUT2D eigenvalue weighted by atomic mass is 14.6. The van der Waals surface area contributed by atoms with Gasteiger partial charge in [-0.3, -0.25) is 0 Å². The molecule has 4 rings (SSSR count). The second kappa shape index (κ2) is 4.12. The Bertz CT molecular complexity index is 395. The Labute approximate surface area is 119 Å². The molecule has 0 saturated heterocycles. The van der Waals surface area contributed by atoms with Gasteiger partial charge in [-0.05, 0) is 79.4 Å². The molecule has 3 saturated carbocycles. The van der Waals surface area contributed by atoms with Crippen LogP contribution in [0, 0.1) is 34.5 Å². The zero-order chi connectivity index (χ0) is 13.1. The lowest BCUT2D eigenvalue weighted by Crippen LogP contribution is -2.51. The van der Waals surface area contributed by atoms with Crippen LogP contribution < -0.4 is 0 Å². The Morgan fingerprint density at radius 2 is 1.79 bits per heavy atom. The summed E-state index contributed by atoms with van der Waals surface area (Å²) in [6.45, 7) is 5.23. The molecule has 0 nitrogen and oxygen atoms in total. The average molecular weight is 258 g/mol. The number of hydrogen-bond acceptors (Lipinski definition) is 0. The van der Waals surface area contributed by atoms with E-state index in [9.17, 15) is 0 Å². The molecule has 0 aromatic carbocycles. The van der Waals surface area contributed by atoms with Gasteiger partial charge in [0.25, 0.3) is 0 Å². The first kappa shape index (κ1) is 12.5. The van der Waals surface area contributed by atoms with E-state index in [1.165, 1.54) is 38.5 Å². The van der Waals surface area contributed by atoms with Gasteiger partial charge >= 0.3 is 0 Å². The third kappa shape index (κ3) is 1.64. The molecule has 4 aliphatic carbocycles. The molecule has 0 heterocycles. The van der Waals surface area contributed by atoms with Gasteiger partial charge in [-0.15, -0.1) is 0 Å². The lowest BCUT2D eigenvalue weighted by atomic mass is 9.45. The number of hydrogen-bond donors (Lipinski definition) is 0. The van der Waals surface area contributed by atoms with E-state index in [-0.39, 0.29) is 0 Å². The Morgan fingerprint density at radius 3 is 2.68 bits per heavy atom. The van der Waals surface area contributed by atoms with Gasteiger partial charge in [0.2, 0.25) is 0 Å². The zero-order valence-electron chi connectivity index (χ0n) is 12.8. The molecular weight excluding hydrogens is 228 g/mol. The summed E-state index contributed by atoms with van der Waals surface area (Å²) in [4.78, 5) is 0. The van der Waals surface area contributed by atoms with Crippen LogP contribution in [0.2, 0.25) is 0 Å². The first-order valence-corrected chi connectivity index (χ1v) is 8.81. The fourth-order valence-corrected chi connectivity index (χ4v) is 6.78. The summed E-state index contributed by atoms with van der Waals surface area (Å²) in [5.41, 5.74) is 1.28. The molecule has 0 radical (unpaired) electrons. The second-order valence-corrected chi connectivity index (χ2v) is 8.59. The summed E-state index contributed by atoms with van der Waals surface area (Å²) in [6.07, 6.45) is 18.7. The molecule has 0 spiro atoms. The van der Waals surface area contributed by atoms with E-state index in [2.05, 4.69) is 26.0 Å². The summed E-state index contributed by atoms with van der Waals surface area (Å²) in [6, 6.07) is 0. The minimum atomic E-state index is 0.568. The van der Waals surface area contributed by atoms with Crippen molar-refractivity contribution in [3.63, 3.8) is 0 Å². The summed E-state index contributed by atoms with van der Waals surface area (Å²) >= 11 is 0. The largest absolute Gasteiger partial charge is 0.0877 e. The second-order valence-electron chi connectivity index (χ2n) is 8.59. The number of rotatable bonds is 0. The standard InChI is InChI=1S/C19H30/c1-18-11-5-7-16(18)15-9-8-14-6-3-4-12-19(14,2)17(15)10-13-18/h5,11,14-17H,3-4,6-10,12-13H2,1-2H3/t14?,15-,16-,17-,18-,19-/m0/s1. The van der Waals surface area contributed by atoms with Crippen LogP contribution in [-0.4, -0.2) is 0 Å². The van der Waals surface area contributed by atoms with Crippen LogP contribution in [0.1, 0.15) is 71.6 Å². The lowest BCUT2D eigenvalue weighted by molar-refractivity contribution is -0.0969. The maximum Gasteiger partial charge on any atom is -0.0112 e. The molecule has 0 amide bonds. The van der Waals surface area contributed by atoms with Crippen LogP contribution in [0.25, 0.3) is 0 Å². The lowest BCUT2D eigenvalue weighted by Gasteiger charge is -2.59. The summed E-state index contributed by atoms with van der Waals surface area (Å²) in [5, 5.41) is 0. The molecule has 0 aliphatic heterocycles. The minimum Gasteiger partial charge on any atom is -0.0877 e. The summed E-state index contributed by atoms with van der Waals surface area (Å²) in [5.74, 6) is 4.17. The topological polar surface area (TPSA) is 0 Å². The molecule has 0 bridgehead atoms. The SMILES string of the molecule is C[C@@]12C=CC[C@H]1[C@@H]1CCC3CCCC[C@]3(C)[C@H]1CC2. The molecular formula is C19H30. The van der Waals surface area contributed by atoms with Crippen LogP contribution in [-0.2, 0) is 0 Å². The monoisotopic (exact) mass is 258 g/mol. The van der Waals surface area contributed by atoms with E-state index in [0.29, 0.717) is 10.8 Å². The van der Waals surface area contributed by atoms with Gasteiger partial charge < -0.3 is 0 Å². The smallest absolute Gasteiger partial charge is 0.0112 e. The van der Waals surface area contributed by atoms with Crippen molar-refractivity contribution in [2.45, 2.75) is 71.6 Å². The molecule has 19 heavy (non-hydrogen) atoms. The fraction of sp³-hybridized carbons (Fsp3) is 0.895. The van der Waals surface area contributed by atoms with Gasteiger partial charge in [0.15, 0.2) is 0 Å². The highest BCUT2D eigenvalue weighted by molar-refractivity contribution is 5.16. The molecule has 3 fully saturated rings. The highest BCUT2D eigenvalue weighted by Crippen LogP contribution is 2.64. The first-order valence-electron chi connectivity index (χ1n) is 8.81. The van der Waals surface area contributed by atoms with Gasteiger partial charge in [-0.25, -0.2) is 0 Å². The maximum atomic E-state index is 2.68. The molecule has 1 unspecified atom stereocenters. The van der Waals surface area contributed by atoms with E-state index < -0.39 is 0 Å². The Kier molecular flexibility index (Phi) is 2.71. The quantitative estimate of drug-likeness (QED) is 0.497. The van der Waals surface area contributed by atoms with Crippen molar-refractivity contribution in [3.05, 3.63) is 12.2 Å². The van der Waals surface area contributed by atoms with Crippen molar-refractivity contribution in [3.8, 4) is 0 Å². The number of fused-ring (bicyclic) bond motifs is 5. The van der Waals surface area contributed by atoms with Gasteiger partial charge in [0.05, 0.1) is 0 Å².